The quantitative estimate of drug-likeness (QED) is 0.516. The lowest BCUT2D eigenvalue weighted by Crippen LogP contribution is -2.41. The monoisotopic (exact) mass is 427 g/mol. The summed E-state index contributed by atoms with van der Waals surface area (Å²) in [5, 5.41) is 13.7. The fourth-order valence-electron chi connectivity index (χ4n) is 2.41. The Kier molecular flexibility index (Phi) is 6.60. The summed E-state index contributed by atoms with van der Waals surface area (Å²) in [5.74, 6) is -0.618. The van der Waals surface area contributed by atoms with Crippen LogP contribution < -0.4 is 14.8 Å². The number of halogens is 1. The maximum atomic E-state index is 12.6. The number of amides is 1. The Morgan fingerprint density at radius 2 is 1.96 bits per heavy atom. The predicted molar refractivity (Wildman–Crippen MR) is 104 cm³/mol. The second-order valence-electron chi connectivity index (χ2n) is 5.83. The van der Waals surface area contributed by atoms with Crippen LogP contribution in [-0.4, -0.2) is 32.4 Å². The highest BCUT2D eigenvalue weighted by Crippen LogP contribution is 2.28. The van der Waals surface area contributed by atoms with Gasteiger partial charge in [0.25, 0.3) is 5.69 Å². The van der Waals surface area contributed by atoms with E-state index in [-0.39, 0.29) is 32.6 Å². The molecule has 1 atom stereocenters. The smallest absolute Gasteiger partial charge is 0.274 e. The molecule has 28 heavy (non-hydrogen) atoms. The van der Waals surface area contributed by atoms with Gasteiger partial charge in [0.2, 0.25) is 15.9 Å². The van der Waals surface area contributed by atoms with Gasteiger partial charge in [-0.2, -0.15) is 4.72 Å². The van der Waals surface area contributed by atoms with Crippen molar-refractivity contribution in [1.29, 1.82) is 0 Å². The molecule has 0 saturated heterocycles. The number of carbonyl (C=O) groups excluding carboxylic acids is 1. The molecule has 2 aromatic rings. The fourth-order valence-corrected chi connectivity index (χ4v) is 4.04. The number of carbonyl (C=O) groups is 1. The molecular formula is C17H18ClN3O6S. The normalized spacial score (nSPS) is 12.3. The van der Waals surface area contributed by atoms with Crippen LogP contribution in [0.2, 0.25) is 5.02 Å². The Balaban J connectivity index is 2.22. The number of methoxy groups -OCH3 is 1. The molecule has 0 aliphatic rings. The second kappa shape index (κ2) is 8.55. The minimum atomic E-state index is -4.12. The summed E-state index contributed by atoms with van der Waals surface area (Å²) < 4.78 is 32.5. The van der Waals surface area contributed by atoms with Crippen LogP contribution in [0.4, 0.5) is 11.4 Å². The van der Waals surface area contributed by atoms with Crippen LogP contribution in [0.3, 0.4) is 0 Å². The average molecular weight is 428 g/mol. The molecule has 9 nitrogen and oxygen atoms in total. The lowest BCUT2D eigenvalue weighted by atomic mass is 10.1. The number of sulfonamides is 1. The van der Waals surface area contributed by atoms with Crippen LogP contribution in [0.25, 0.3) is 0 Å². The number of nitro benzene ring substituents is 1. The van der Waals surface area contributed by atoms with E-state index in [2.05, 4.69) is 10.0 Å². The molecular weight excluding hydrogens is 410 g/mol. The Hall–Kier alpha value is -2.69. The molecule has 150 valence electrons. The Bertz CT molecular complexity index is 1030. The predicted octanol–water partition coefficient (Wildman–Crippen LogP) is 2.87. The Labute approximate surface area is 166 Å². The fraction of sp³-hybridized carbons (Fsp3) is 0.235. The molecule has 0 radical (unpaired) electrons. The minimum Gasteiger partial charge on any atom is -0.495 e. The van der Waals surface area contributed by atoms with Gasteiger partial charge in [0, 0.05) is 11.1 Å². The van der Waals surface area contributed by atoms with Crippen LogP contribution in [0.5, 0.6) is 5.75 Å². The number of nitro groups is 1. The molecule has 0 aromatic heterocycles. The molecule has 2 rings (SSSR count). The van der Waals surface area contributed by atoms with E-state index in [1.807, 2.05) is 0 Å². The van der Waals surface area contributed by atoms with Gasteiger partial charge in [-0.15, -0.1) is 0 Å². The SMILES string of the molecule is COc1ccc(Cl)cc1S(=O)(=O)N[C@H](C)C(=O)Nc1cccc([N+](=O)[O-])c1C. The number of nitrogens with one attached hydrogen (secondary N) is 2. The van der Waals surface area contributed by atoms with E-state index in [1.165, 1.54) is 57.4 Å². The third-order valence-electron chi connectivity index (χ3n) is 3.90. The van der Waals surface area contributed by atoms with Gasteiger partial charge in [-0.25, -0.2) is 8.42 Å². The van der Waals surface area contributed by atoms with Gasteiger partial charge < -0.3 is 10.1 Å². The largest absolute Gasteiger partial charge is 0.495 e. The van der Waals surface area contributed by atoms with Crippen LogP contribution in [0.15, 0.2) is 41.3 Å². The number of hydrogen-bond donors (Lipinski definition) is 2. The van der Waals surface area contributed by atoms with Gasteiger partial charge in [0.15, 0.2) is 0 Å². The van der Waals surface area contributed by atoms with Crippen LogP contribution in [0, 0.1) is 17.0 Å². The van der Waals surface area contributed by atoms with Gasteiger partial charge in [0.1, 0.15) is 10.6 Å². The second-order valence-corrected chi connectivity index (χ2v) is 7.95. The number of rotatable bonds is 7. The topological polar surface area (TPSA) is 128 Å². The molecule has 0 saturated carbocycles. The van der Waals surface area contributed by atoms with Gasteiger partial charge in [-0.1, -0.05) is 17.7 Å². The molecule has 0 aliphatic heterocycles. The van der Waals surface area contributed by atoms with E-state index in [0.717, 1.165) is 0 Å². The van der Waals surface area contributed by atoms with Crippen molar-refractivity contribution in [3.8, 4) is 5.75 Å². The Morgan fingerprint density at radius 1 is 1.29 bits per heavy atom. The summed E-state index contributed by atoms with van der Waals surface area (Å²) in [6.45, 7) is 2.83. The highest BCUT2D eigenvalue weighted by atomic mass is 35.5. The first-order valence-corrected chi connectivity index (χ1v) is 9.83. The van der Waals surface area contributed by atoms with E-state index >= 15 is 0 Å². The maximum Gasteiger partial charge on any atom is 0.274 e. The molecule has 0 heterocycles. The van der Waals surface area contributed by atoms with Gasteiger partial charge in [-0.3, -0.25) is 14.9 Å². The molecule has 11 heteroatoms. The number of benzene rings is 2. The first-order chi connectivity index (χ1) is 13.1. The van der Waals surface area contributed by atoms with Crippen LogP contribution >= 0.6 is 11.6 Å². The maximum absolute atomic E-state index is 12.6. The Morgan fingerprint density at radius 3 is 2.57 bits per heavy atom. The molecule has 0 spiro atoms. The average Bonchev–Trinajstić information content (AvgIpc) is 2.62. The summed E-state index contributed by atoms with van der Waals surface area (Å²) >= 11 is 5.86. The first kappa shape index (κ1) is 21.6. The lowest BCUT2D eigenvalue weighted by Gasteiger charge is -2.17. The third kappa shape index (κ3) is 4.77. The standard InChI is InChI=1S/C17H18ClN3O6S/c1-10-13(5-4-6-14(10)21(23)24)19-17(22)11(2)20-28(25,26)16-9-12(18)7-8-15(16)27-3/h4-9,11,20H,1-3H3,(H,19,22)/t11-/m1/s1. The molecule has 0 fully saturated rings. The van der Waals surface area contributed by atoms with Crippen molar-refractivity contribution in [2.24, 2.45) is 0 Å². The summed E-state index contributed by atoms with van der Waals surface area (Å²) in [4.78, 5) is 22.6. The van der Waals surface area contributed by atoms with Crippen molar-refractivity contribution in [3.05, 3.63) is 57.1 Å². The molecule has 1 amide bonds. The zero-order valence-corrected chi connectivity index (χ0v) is 16.8. The highest BCUT2D eigenvalue weighted by Gasteiger charge is 2.26. The van der Waals surface area contributed by atoms with E-state index in [9.17, 15) is 23.3 Å². The van der Waals surface area contributed by atoms with Crippen molar-refractivity contribution in [3.63, 3.8) is 0 Å². The van der Waals surface area contributed by atoms with Crippen molar-refractivity contribution < 1.29 is 22.9 Å². The van der Waals surface area contributed by atoms with Gasteiger partial charge in [0.05, 0.1) is 29.3 Å². The molecule has 0 unspecified atom stereocenters. The van der Waals surface area contributed by atoms with Crippen molar-refractivity contribution >= 4 is 38.9 Å². The summed E-state index contributed by atoms with van der Waals surface area (Å²) in [5.41, 5.74) is 0.313. The van der Waals surface area contributed by atoms with Crippen molar-refractivity contribution in [2.75, 3.05) is 12.4 Å². The van der Waals surface area contributed by atoms with E-state index in [1.54, 1.807) is 0 Å². The van der Waals surface area contributed by atoms with E-state index < -0.39 is 26.9 Å². The first-order valence-electron chi connectivity index (χ1n) is 7.97. The zero-order chi connectivity index (χ0) is 21.1. The van der Waals surface area contributed by atoms with Gasteiger partial charge >= 0.3 is 0 Å². The molecule has 0 aliphatic carbocycles. The van der Waals surface area contributed by atoms with Crippen LogP contribution in [0.1, 0.15) is 12.5 Å². The highest BCUT2D eigenvalue weighted by molar-refractivity contribution is 7.89. The number of ether oxygens (including phenoxy) is 1. The van der Waals surface area contributed by atoms with Crippen LogP contribution in [-0.2, 0) is 14.8 Å². The van der Waals surface area contributed by atoms with Crippen molar-refractivity contribution in [2.45, 2.75) is 24.8 Å². The number of nitrogens with zero attached hydrogens (tertiary/aromatic N) is 1. The van der Waals surface area contributed by atoms with Crippen molar-refractivity contribution in [1.82, 2.24) is 4.72 Å². The molecule has 2 aromatic carbocycles. The lowest BCUT2D eigenvalue weighted by molar-refractivity contribution is -0.385. The number of hydrogen-bond acceptors (Lipinski definition) is 6. The van der Waals surface area contributed by atoms with E-state index in [0.29, 0.717) is 0 Å². The zero-order valence-electron chi connectivity index (χ0n) is 15.2. The molecule has 2 N–H and O–H groups in total. The van der Waals surface area contributed by atoms with E-state index in [4.69, 9.17) is 16.3 Å². The summed E-state index contributed by atoms with van der Waals surface area (Å²) in [6, 6.07) is 7.12. The molecule has 0 bridgehead atoms. The third-order valence-corrected chi connectivity index (χ3v) is 5.70. The van der Waals surface area contributed by atoms with Gasteiger partial charge in [-0.05, 0) is 38.1 Å². The number of anilines is 1. The summed E-state index contributed by atoms with van der Waals surface area (Å²) in [7, 11) is -2.81. The minimum absolute atomic E-state index is 0.0686. The summed E-state index contributed by atoms with van der Waals surface area (Å²) in [6.07, 6.45) is 0.